The maximum atomic E-state index is 15.2. The summed E-state index contributed by atoms with van der Waals surface area (Å²) in [5.41, 5.74) is 2.69. The van der Waals surface area contributed by atoms with Crippen LogP contribution in [0.3, 0.4) is 0 Å². The molecule has 0 saturated heterocycles. The molecule has 0 amide bonds. The molecule has 0 bridgehead atoms. The van der Waals surface area contributed by atoms with Gasteiger partial charge in [0.15, 0.2) is 0 Å². The van der Waals surface area contributed by atoms with E-state index in [0.29, 0.717) is 23.0 Å². The van der Waals surface area contributed by atoms with E-state index < -0.39 is 6.36 Å². The van der Waals surface area contributed by atoms with Crippen LogP contribution in [-0.4, -0.2) is 6.36 Å². The van der Waals surface area contributed by atoms with Gasteiger partial charge in [0.05, 0.1) is 5.56 Å². The fourth-order valence-electron chi connectivity index (χ4n) is 5.30. The van der Waals surface area contributed by atoms with Crippen molar-refractivity contribution in [3.63, 3.8) is 0 Å². The SMILES string of the molecule is C/C=C/C1CCC(C2CCc3c(ccc(C#Cc4ccc(OC(F)(F)F)cc4)c3F)C2)CC1. The van der Waals surface area contributed by atoms with Crippen LogP contribution in [0.4, 0.5) is 17.6 Å². The van der Waals surface area contributed by atoms with Gasteiger partial charge in [-0.3, -0.25) is 0 Å². The predicted molar refractivity (Wildman–Crippen MR) is 121 cm³/mol. The van der Waals surface area contributed by atoms with Crippen molar-refractivity contribution in [1.29, 1.82) is 0 Å². The fourth-order valence-corrected chi connectivity index (χ4v) is 5.30. The molecule has 0 heterocycles. The van der Waals surface area contributed by atoms with Crippen molar-refractivity contribution < 1.29 is 22.3 Å². The van der Waals surface area contributed by atoms with Crippen LogP contribution >= 0.6 is 0 Å². The first kappa shape index (κ1) is 23.4. The van der Waals surface area contributed by atoms with Crippen LogP contribution < -0.4 is 4.74 Å². The Labute approximate surface area is 192 Å². The number of rotatable bonds is 3. The van der Waals surface area contributed by atoms with Crippen molar-refractivity contribution in [2.24, 2.45) is 17.8 Å². The standard InChI is InChI=1S/C28H28F4O/c1-2-3-19-4-9-21(10-5-19)23-14-17-26-24(18-23)13-12-22(27(26)29)11-6-20-7-15-25(16-8-20)33-28(30,31)32/h2-3,7-8,12-13,15-16,19,21,23H,4-5,9-10,14,17-18H2,1H3/b3-2+. The molecule has 1 unspecified atom stereocenters. The number of halogens is 4. The first-order chi connectivity index (χ1) is 15.8. The van der Waals surface area contributed by atoms with Crippen molar-refractivity contribution in [3.8, 4) is 17.6 Å². The summed E-state index contributed by atoms with van der Waals surface area (Å²) in [7, 11) is 0. The lowest BCUT2D eigenvalue weighted by Gasteiger charge is -2.36. The highest BCUT2D eigenvalue weighted by Crippen LogP contribution is 2.40. The Kier molecular flexibility index (Phi) is 7.12. The number of allylic oxidation sites excluding steroid dienone is 2. The molecule has 2 aromatic rings. The number of ether oxygens (including phenoxy) is 1. The summed E-state index contributed by atoms with van der Waals surface area (Å²) >= 11 is 0. The Bertz CT molecular complexity index is 1050. The average molecular weight is 457 g/mol. The van der Waals surface area contributed by atoms with Crippen LogP contribution in [0.5, 0.6) is 5.75 Å². The van der Waals surface area contributed by atoms with Crippen LogP contribution in [-0.2, 0) is 12.8 Å². The second-order valence-electron chi connectivity index (χ2n) is 9.09. The lowest BCUT2D eigenvalue weighted by molar-refractivity contribution is -0.274. The molecular formula is C28H28F4O. The van der Waals surface area contributed by atoms with Crippen molar-refractivity contribution in [1.82, 2.24) is 0 Å². The summed E-state index contributed by atoms with van der Waals surface area (Å²) in [5.74, 6) is 7.19. The maximum Gasteiger partial charge on any atom is 0.573 e. The van der Waals surface area contributed by atoms with E-state index in [4.69, 9.17) is 0 Å². The smallest absolute Gasteiger partial charge is 0.406 e. The monoisotopic (exact) mass is 456 g/mol. The maximum absolute atomic E-state index is 15.2. The van der Waals surface area contributed by atoms with Gasteiger partial charge in [-0.1, -0.05) is 30.1 Å². The van der Waals surface area contributed by atoms with Crippen LogP contribution in [0, 0.1) is 35.4 Å². The van der Waals surface area contributed by atoms with E-state index in [9.17, 15) is 13.2 Å². The van der Waals surface area contributed by atoms with Crippen molar-refractivity contribution >= 4 is 0 Å². The van der Waals surface area contributed by atoms with E-state index in [2.05, 4.69) is 35.7 Å². The zero-order valence-electron chi connectivity index (χ0n) is 18.7. The number of fused-ring (bicyclic) bond motifs is 1. The fraction of sp³-hybridized carbons (Fsp3) is 0.429. The van der Waals surface area contributed by atoms with E-state index in [1.54, 1.807) is 6.07 Å². The van der Waals surface area contributed by atoms with E-state index >= 15 is 4.39 Å². The normalized spacial score (nSPS) is 23.0. The topological polar surface area (TPSA) is 9.23 Å². The third-order valence-corrected chi connectivity index (χ3v) is 6.96. The van der Waals surface area contributed by atoms with Gasteiger partial charge in [-0.15, -0.1) is 13.2 Å². The number of hydrogen-bond donors (Lipinski definition) is 0. The van der Waals surface area contributed by atoms with Crippen LogP contribution in [0.25, 0.3) is 0 Å². The van der Waals surface area contributed by atoms with Gasteiger partial charge in [-0.05, 0) is 111 Å². The second-order valence-corrected chi connectivity index (χ2v) is 9.09. The summed E-state index contributed by atoms with van der Waals surface area (Å²) in [6, 6.07) is 8.99. The Hall–Kier alpha value is -2.74. The first-order valence-corrected chi connectivity index (χ1v) is 11.6. The molecule has 2 aliphatic rings. The van der Waals surface area contributed by atoms with Gasteiger partial charge < -0.3 is 4.74 Å². The lowest BCUT2D eigenvalue weighted by atomic mass is 9.69. The Morgan fingerprint density at radius 3 is 2.30 bits per heavy atom. The Balaban J connectivity index is 1.42. The van der Waals surface area contributed by atoms with Crippen molar-refractivity contribution in [2.75, 3.05) is 0 Å². The molecule has 1 atom stereocenters. The molecule has 0 spiro atoms. The van der Waals surface area contributed by atoms with E-state index in [0.717, 1.165) is 36.3 Å². The molecule has 5 heteroatoms. The van der Waals surface area contributed by atoms with E-state index in [-0.39, 0.29) is 11.6 Å². The average Bonchev–Trinajstić information content (AvgIpc) is 2.79. The van der Waals surface area contributed by atoms with Gasteiger partial charge >= 0.3 is 6.36 Å². The summed E-state index contributed by atoms with van der Waals surface area (Å²) in [6.45, 7) is 2.08. The predicted octanol–water partition coefficient (Wildman–Crippen LogP) is 7.61. The molecular weight excluding hydrogens is 428 g/mol. The second kappa shape index (κ2) is 10.0. The molecule has 1 fully saturated rings. The lowest BCUT2D eigenvalue weighted by Crippen LogP contribution is -2.26. The van der Waals surface area contributed by atoms with E-state index in [1.165, 1.54) is 49.9 Å². The minimum Gasteiger partial charge on any atom is -0.406 e. The molecule has 2 aliphatic carbocycles. The van der Waals surface area contributed by atoms with Crippen LogP contribution in [0.2, 0.25) is 0 Å². The van der Waals surface area contributed by atoms with Crippen LogP contribution in [0.1, 0.15) is 61.3 Å². The summed E-state index contributed by atoms with van der Waals surface area (Å²) in [6.07, 6.45) is 7.46. The number of hydrogen-bond acceptors (Lipinski definition) is 1. The van der Waals surface area contributed by atoms with E-state index in [1.807, 2.05) is 6.07 Å². The van der Waals surface area contributed by atoms with Crippen LogP contribution in [0.15, 0.2) is 48.6 Å². The molecule has 174 valence electrons. The largest absolute Gasteiger partial charge is 0.573 e. The molecule has 1 nitrogen and oxygen atoms in total. The first-order valence-electron chi connectivity index (χ1n) is 11.6. The molecule has 2 aromatic carbocycles. The van der Waals surface area contributed by atoms with Gasteiger partial charge in [0.2, 0.25) is 0 Å². The third kappa shape index (κ3) is 5.99. The van der Waals surface area contributed by atoms with Gasteiger partial charge in [-0.2, -0.15) is 0 Å². The third-order valence-electron chi connectivity index (χ3n) is 6.96. The summed E-state index contributed by atoms with van der Waals surface area (Å²) < 4.78 is 55.8. The zero-order valence-corrected chi connectivity index (χ0v) is 18.7. The molecule has 0 radical (unpaired) electrons. The molecule has 0 aromatic heterocycles. The summed E-state index contributed by atoms with van der Waals surface area (Å²) in [4.78, 5) is 0. The number of alkyl halides is 3. The molecule has 0 aliphatic heterocycles. The van der Waals surface area contributed by atoms with Gasteiger partial charge in [0, 0.05) is 5.56 Å². The van der Waals surface area contributed by atoms with Gasteiger partial charge in [-0.25, -0.2) is 4.39 Å². The Morgan fingerprint density at radius 2 is 1.64 bits per heavy atom. The molecule has 0 N–H and O–H groups in total. The van der Waals surface area contributed by atoms with Crippen molar-refractivity contribution in [2.45, 2.75) is 58.2 Å². The Morgan fingerprint density at radius 1 is 0.909 bits per heavy atom. The minimum atomic E-state index is -4.73. The zero-order chi connectivity index (χ0) is 23.4. The molecule has 1 saturated carbocycles. The quantitative estimate of drug-likeness (QED) is 0.262. The van der Waals surface area contributed by atoms with Crippen molar-refractivity contribution in [3.05, 3.63) is 76.6 Å². The van der Waals surface area contributed by atoms with Gasteiger partial charge in [0.25, 0.3) is 0 Å². The highest BCUT2D eigenvalue weighted by atomic mass is 19.4. The molecule has 4 rings (SSSR count). The molecule has 33 heavy (non-hydrogen) atoms. The number of benzene rings is 2. The minimum absolute atomic E-state index is 0.257. The highest BCUT2D eigenvalue weighted by Gasteiger charge is 2.31. The summed E-state index contributed by atoms with van der Waals surface area (Å²) in [5, 5.41) is 0. The highest BCUT2D eigenvalue weighted by molar-refractivity contribution is 5.48. The van der Waals surface area contributed by atoms with Gasteiger partial charge in [0.1, 0.15) is 11.6 Å².